The fourth-order valence-corrected chi connectivity index (χ4v) is 2.13. The molecule has 29 heavy (non-hydrogen) atoms. The third kappa shape index (κ3) is 6.00. The average molecular weight is 426 g/mol. The topological polar surface area (TPSA) is 44.8 Å². The fraction of sp³-hybridized carbons (Fsp3) is 0.278. The summed E-state index contributed by atoms with van der Waals surface area (Å²) in [7, 11) is 0. The predicted octanol–water partition coefficient (Wildman–Crippen LogP) is 5.54. The number of ether oxygens (including phenoxy) is 3. The molecule has 0 bridgehead atoms. The summed E-state index contributed by atoms with van der Waals surface area (Å²) < 4.78 is 105. The summed E-state index contributed by atoms with van der Waals surface area (Å²) in [5.41, 5.74) is -1.18. The molecule has 158 valence electrons. The Morgan fingerprint density at radius 2 is 1.41 bits per heavy atom. The summed E-state index contributed by atoms with van der Waals surface area (Å²) in [5, 5.41) is 0. The summed E-state index contributed by atoms with van der Waals surface area (Å²) in [5.74, 6) is -11.0. The van der Waals surface area contributed by atoms with E-state index in [4.69, 9.17) is 4.74 Å². The van der Waals surface area contributed by atoms with E-state index in [-0.39, 0.29) is 24.5 Å². The van der Waals surface area contributed by atoms with Crippen molar-refractivity contribution in [3.63, 3.8) is 0 Å². The summed E-state index contributed by atoms with van der Waals surface area (Å²) in [6.45, 7) is 2.06. The first-order chi connectivity index (χ1) is 13.5. The molecular formula is C18H13F7O4. The van der Waals surface area contributed by atoms with Gasteiger partial charge in [-0.25, -0.2) is 22.4 Å². The molecule has 2 rings (SSSR count). The molecule has 0 saturated carbocycles. The molecule has 0 unspecified atom stereocenters. The van der Waals surface area contributed by atoms with Crippen LogP contribution >= 0.6 is 0 Å². The van der Waals surface area contributed by atoms with Crippen molar-refractivity contribution in [2.45, 2.75) is 26.1 Å². The van der Waals surface area contributed by atoms with E-state index in [1.807, 2.05) is 6.92 Å². The second-order valence-electron chi connectivity index (χ2n) is 5.62. The molecule has 0 aromatic heterocycles. The van der Waals surface area contributed by atoms with Crippen LogP contribution in [0.5, 0.6) is 17.2 Å². The highest BCUT2D eigenvalue weighted by molar-refractivity contribution is 5.91. The molecule has 0 aliphatic rings. The van der Waals surface area contributed by atoms with Crippen molar-refractivity contribution in [2.24, 2.45) is 0 Å². The zero-order valence-electron chi connectivity index (χ0n) is 14.7. The minimum absolute atomic E-state index is 0.184. The minimum atomic E-state index is -5.37. The van der Waals surface area contributed by atoms with Gasteiger partial charge in [-0.1, -0.05) is 13.3 Å². The number of alkyl halides is 3. The third-order valence-corrected chi connectivity index (χ3v) is 3.39. The van der Waals surface area contributed by atoms with Crippen LogP contribution in [0, 0.1) is 23.3 Å². The second-order valence-corrected chi connectivity index (χ2v) is 5.62. The van der Waals surface area contributed by atoms with E-state index in [0.717, 1.165) is 18.6 Å². The highest BCUT2D eigenvalue weighted by atomic mass is 19.4. The minimum Gasteiger partial charge on any atom is -0.493 e. The normalized spacial score (nSPS) is 11.3. The van der Waals surface area contributed by atoms with Gasteiger partial charge < -0.3 is 14.2 Å². The van der Waals surface area contributed by atoms with Gasteiger partial charge in [-0.2, -0.15) is 0 Å². The summed E-state index contributed by atoms with van der Waals surface area (Å²) in [4.78, 5) is 12.0. The van der Waals surface area contributed by atoms with Crippen molar-refractivity contribution in [3.05, 3.63) is 53.1 Å². The van der Waals surface area contributed by atoms with Crippen LogP contribution in [-0.4, -0.2) is 18.9 Å². The maximum Gasteiger partial charge on any atom is 0.573 e. The molecule has 0 heterocycles. The first-order valence-electron chi connectivity index (χ1n) is 8.10. The number of benzene rings is 2. The van der Waals surface area contributed by atoms with E-state index >= 15 is 0 Å². The van der Waals surface area contributed by atoms with Crippen LogP contribution in [0.1, 0.15) is 30.1 Å². The van der Waals surface area contributed by atoms with Crippen LogP contribution in [-0.2, 0) is 0 Å². The number of rotatable bonds is 7. The van der Waals surface area contributed by atoms with Crippen LogP contribution in [0.3, 0.4) is 0 Å². The predicted molar refractivity (Wildman–Crippen MR) is 84.8 cm³/mol. The van der Waals surface area contributed by atoms with Gasteiger partial charge in [-0.05, 0) is 6.42 Å². The monoisotopic (exact) mass is 426 g/mol. The highest BCUT2D eigenvalue weighted by Crippen LogP contribution is 2.32. The van der Waals surface area contributed by atoms with Gasteiger partial charge in [0.25, 0.3) is 0 Å². The highest BCUT2D eigenvalue weighted by Gasteiger charge is 2.34. The molecule has 0 spiro atoms. The van der Waals surface area contributed by atoms with Gasteiger partial charge in [-0.3, -0.25) is 0 Å². The van der Waals surface area contributed by atoms with Crippen LogP contribution in [0.25, 0.3) is 0 Å². The molecule has 0 fully saturated rings. The Kier molecular flexibility index (Phi) is 6.93. The molecule has 0 saturated heterocycles. The Bertz CT molecular complexity index is 850. The number of esters is 1. The maximum absolute atomic E-state index is 14.1. The van der Waals surface area contributed by atoms with Gasteiger partial charge in [0, 0.05) is 24.3 Å². The molecule has 11 heteroatoms. The van der Waals surface area contributed by atoms with Gasteiger partial charge in [0.05, 0.1) is 6.61 Å². The quantitative estimate of drug-likeness (QED) is 0.253. The standard InChI is InChI=1S/C18H13F7O4/c1-2-3-4-27-9-5-11(19)15(12(20)6-9)17(26)28-10-7-13(21)16(14(22)8-10)29-18(23,24)25/h5-8H,2-4H2,1H3. The van der Waals surface area contributed by atoms with Crippen molar-refractivity contribution in [1.82, 2.24) is 0 Å². The van der Waals surface area contributed by atoms with E-state index in [9.17, 15) is 35.5 Å². The number of carbonyl (C=O) groups excluding carboxylic acids is 1. The van der Waals surface area contributed by atoms with Gasteiger partial charge in [0.1, 0.15) is 28.7 Å². The van der Waals surface area contributed by atoms with E-state index in [1.54, 1.807) is 0 Å². The Hall–Kier alpha value is -2.98. The van der Waals surface area contributed by atoms with Crippen LogP contribution in [0.4, 0.5) is 30.7 Å². The van der Waals surface area contributed by atoms with E-state index in [2.05, 4.69) is 9.47 Å². The third-order valence-electron chi connectivity index (χ3n) is 3.39. The fourth-order valence-electron chi connectivity index (χ4n) is 2.13. The molecule has 0 N–H and O–H groups in total. The number of hydrogen-bond acceptors (Lipinski definition) is 4. The van der Waals surface area contributed by atoms with Crippen molar-refractivity contribution in [3.8, 4) is 17.2 Å². The molecule has 2 aromatic rings. The smallest absolute Gasteiger partial charge is 0.493 e. The lowest BCUT2D eigenvalue weighted by atomic mass is 10.2. The number of hydrogen-bond donors (Lipinski definition) is 0. The van der Waals surface area contributed by atoms with E-state index in [1.165, 1.54) is 0 Å². The van der Waals surface area contributed by atoms with Crippen molar-refractivity contribution < 1.29 is 49.7 Å². The maximum atomic E-state index is 14.1. The van der Waals surface area contributed by atoms with E-state index in [0.29, 0.717) is 6.42 Å². The first-order valence-corrected chi connectivity index (χ1v) is 8.10. The Balaban J connectivity index is 2.22. The number of carbonyl (C=O) groups is 1. The van der Waals surface area contributed by atoms with Crippen LogP contribution < -0.4 is 14.2 Å². The van der Waals surface area contributed by atoms with Crippen LogP contribution in [0.2, 0.25) is 0 Å². The van der Waals surface area contributed by atoms with Gasteiger partial charge in [0.15, 0.2) is 11.6 Å². The van der Waals surface area contributed by atoms with Crippen molar-refractivity contribution in [1.29, 1.82) is 0 Å². The molecule has 0 atom stereocenters. The molecule has 4 nitrogen and oxygen atoms in total. The van der Waals surface area contributed by atoms with Gasteiger partial charge in [0.2, 0.25) is 5.75 Å². The zero-order chi connectivity index (χ0) is 21.8. The zero-order valence-corrected chi connectivity index (χ0v) is 14.7. The molecule has 0 aliphatic heterocycles. The lowest BCUT2D eigenvalue weighted by Crippen LogP contribution is -2.19. The first kappa shape index (κ1) is 22.3. The van der Waals surface area contributed by atoms with Crippen LogP contribution in [0.15, 0.2) is 24.3 Å². The largest absolute Gasteiger partial charge is 0.573 e. The second kappa shape index (κ2) is 9.01. The molecule has 2 aromatic carbocycles. The lowest BCUT2D eigenvalue weighted by molar-refractivity contribution is -0.276. The summed E-state index contributed by atoms with van der Waals surface area (Å²) >= 11 is 0. The van der Waals surface area contributed by atoms with E-state index < -0.39 is 52.7 Å². The lowest BCUT2D eigenvalue weighted by Gasteiger charge is -2.12. The van der Waals surface area contributed by atoms with Gasteiger partial charge >= 0.3 is 12.3 Å². The van der Waals surface area contributed by atoms with Gasteiger partial charge in [-0.15, -0.1) is 13.2 Å². The van der Waals surface area contributed by atoms with Crippen molar-refractivity contribution in [2.75, 3.05) is 6.61 Å². The summed E-state index contributed by atoms with van der Waals surface area (Å²) in [6.07, 6.45) is -3.97. The molecular weight excluding hydrogens is 413 g/mol. The Labute approximate surface area is 159 Å². The number of halogens is 7. The Morgan fingerprint density at radius 3 is 1.90 bits per heavy atom. The molecule has 0 amide bonds. The molecule has 0 radical (unpaired) electrons. The Morgan fingerprint density at radius 1 is 0.897 bits per heavy atom. The average Bonchev–Trinajstić information content (AvgIpc) is 2.57. The molecule has 0 aliphatic carbocycles. The number of unbranched alkanes of at least 4 members (excludes halogenated alkanes) is 1. The van der Waals surface area contributed by atoms with Crippen molar-refractivity contribution >= 4 is 5.97 Å². The summed E-state index contributed by atoms with van der Waals surface area (Å²) in [6, 6.07) is 1.83. The SMILES string of the molecule is CCCCOc1cc(F)c(C(=O)Oc2cc(F)c(OC(F)(F)F)c(F)c2)c(F)c1.